The molecule has 3 rings (SSSR count). The molecule has 6 heteroatoms. The summed E-state index contributed by atoms with van der Waals surface area (Å²) in [7, 11) is -3.48. The van der Waals surface area contributed by atoms with Gasteiger partial charge in [-0.25, -0.2) is 8.42 Å². The van der Waals surface area contributed by atoms with Crippen LogP contribution in [0.25, 0.3) is 10.9 Å². The Kier molecular flexibility index (Phi) is 4.81. The van der Waals surface area contributed by atoms with Crippen molar-refractivity contribution in [2.45, 2.75) is 18.2 Å². The first-order chi connectivity index (χ1) is 12.0. The minimum Gasteiger partial charge on any atom is -0.324 e. The Morgan fingerprint density at radius 1 is 1.04 bits per heavy atom. The highest BCUT2D eigenvalue weighted by molar-refractivity contribution is 7.91. The van der Waals surface area contributed by atoms with Gasteiger partial charge in [0.15, 0.2) is 9.84 Å². The van der Waals surface area contributed by atoms with Gasteiger partial charge in [0.25, 0.3) is 0 Å². The van der Waals surface area contributed by atoms with E-state index in [2.05, 4.69) is 10.3 Å². The molecule has 0 aliphatic carbocycles. The number of nitrogens with zero attached hydrogens (tertiary/aromatic N) is 1. The number of amides is 1. The molecule has 128 valence electrons. The number of carbonyl (C=O) groups excluding carboxylic acids is 1. The van der Waals surface area contributed by atoms with Crippen LogP contribution in [0.3, 0.4) is 0 Å². The van der Waals surface area contributed by atoms with Crippen LogP contribution in [0.5, 0.6) is 0 Å². The summed E-state index contributed by atoms with van der Waals surface area (Å²) >= 11 is 0. The third kappa shape index (κ3) is 4.03. The summed E-state index contributed by atoms with van der Waals surface area (Å²) in [6.45, 7) is 1.89. The predicted molar refractivity (Wildman–Crippen MR) is 98.2 cm³/mol. The van der Waals surface area contributed by atoms with E-state index in [1.165, 1.54) is 0 Å². The molecule has 0 unspecified atom stereocenters. The zero-order chi connectivity index (χ0) is 17.9. The van der Waals surface area contributed by atoms with Gasteiger partial charge < -0.3 is 5.32 Å². The number of carbonyl (C=O) groups is 1. The van der Waals surface area contributed by atoms with Crippen LogP contribution in [0.4, 0.5) is 5.69 Å². The standard InChI is InChI=1S/C19H18N2O3S/c1-14-7-9-16(10-8-14)25(23,24)13-11-18(22)21-17-6-2-4-15-5-3-12-20-19(15)17/h2-10,12H,11,13H2,1H3,(H,21,22). The molecule has 3 aromatic rings. The van der Waals surface area contributed by atoms with Gasteiger partial charge in [-0.2, -0.15) is 0 Å². The average Bonchev–Trinajstić information content (AvgIpc) is 2.61. The molecular weight excluding hydrogens is 336 g/mol. The quantitative estimate of drug-likeness (QED) is 0.762. The Bertz CT molecular complexity index is 1010. The van der Waals surface area contributed by atoms with Crippen LogP contribution < -0.4 is 5.32 Å². The van der Waals surface area contributed by atoms with E-state index in [1.807, 2.05) is 31.2 Å². The number of aryl methyl sites for hydroxylation is 1. The highest BCUT2D eigenvalue weighted by atomic mass is 32.2. The topological polar surface area (TPSA) is 76.1 Å². The number of nitrogens with one attached hydrogen (secondary N) is 1. The third-order valence-electron chi connectivity index (χ3n) is 3.88. The van der Waals surface area contributed by atoms with E-state index in [0.29, 0.717) is 11.2 Å². The second kappa shape index (κ2) is 7.03. The molecule has 0 fully saturated rings. The second-order valence-corrected chi connectivity index (χ2v) is 7.92. The van der Waals surface area contributed by atoms with Crippen LogP contribution in [0, 0.1) is 6.92 Å². The fraction of sp³-hybridized carbons (Fsp3) is 0.158. The lowest BCUT2D eigenvalue weighted by Crippen LogP contribution is -2.17. The number of aromatic nitrogens is 1. The van der Waals surface area contributed by atoms with Crippen LogP contribution in [0.1, 0.15) is 12.0 Å². The Hall–Kier alpha value is -2.73. The number of hydrogen-bond acceptors (Lipinski definition) is 4. The number of pyridine rings is 1. The maximum atomic E-state index is 12.3. The minimum atomic E-state index is -3.48. The van der Waals surface area contributed by atoms with E-state index in [4.69, 9.17) is 0 Å². The van der Waals surface area contributed by atoms with Crippen molar-refractivity contribution < 1.29 is 13.2 Å². The average molecular weight is 354 g/mol. The van der Waals surface area contributed by atoms with E-state index in [0.717, 1.165) is 10.9 Å². The zero-order valence-corrected chi connectivity index (χ0v) is 14.6. The van der Waals surface area contributed by atoms with E-state index < -0.39 is 9.84 Å². The van der Waals surface area contributed by atoms with Gasteiger partial charge in [0.1, 0.15) is 0 Å². The van der Waals surface area contributed by atoms with E-state index in [-0.39, 0.29) is 23.0 Å². The molecule has 25 heavy (non-hydrogen) atoms. The molecule has 0 bridgehead atoms. The molecule has 0 atom stereocenters. The SMILES string of the molecule is Cc1ccc(S(=O)(=O)CCC(=O)Nc2cccc3cccnc23)cc1. The molecule has 0 saturated heterocycles. The van der Waals surface area contributed by atoms with Crippen molar-refractivity contribution in [1.29, 1.82) is 0 Å². The molecule has 1 heterocycles. The number of para-hydroxylation sites is 1. The maximum absolute atomic E-state index is 12.3. The van der Waals surface area contributed by atoms with Crippen molar-refractivity contribution in [3.05, 3.63) is 66.4 Å². The Morgan fingerprint density at radius 2 is 1.76 bits per heavy atom. The van der Waals surface area contributed by atoms with Gasteiger partial charge in [0.2, 0.25) is 5.91 Å². The lowest BCUT2D eigenvalue weighted by atomic mass is 10.2. The summed E-state index contributed by atoms with van der Waals surface area (Å²) in [6.07, 6.45) is 1.54. The molecule has 0 aliphatic rings. The number of benzene rings is 2. The normalized spacial score (nSPS) is 11.4. The van der Waals surface area contributed by atoms with E-state index in [9.17, 15) is 13.2 Å². The first kappa shape index (κ1) is 17.1. The van der Waals surface area contributed by atoms with Crippen LogP contribution in [-0.2, 0) is 14.6 Å². The lowest BCUT2D eigenvalue weighted by Gasteiger charge is -2.08. The van der Waals surface area contributed by atoms with Crippen LogP contribution in [0.15, 0.2) is 65.7 Å². The first-order valence-electron chi connectivity index (χ1n) is 7.89. The molecule has 0 radical (unpaired) electrons. The monoisotopic (exact) mass is 354 g/mol. The van der Waals surface area contributed by atoms with Crippen molar-refractivity contribution in [2.75, 3.05) is 11.1 Å². The Balaban J connectivity index is 1.69. The van der Waals surface area contributed by atoms with Gasteiger partial charge in [0, 0.05) is 18.0 Å². The molecule has 1 N–H and O–H groups in total. The summed E-state index contributed by atoms with van der Waals surface area (Å²) in [5.41, 5.74) is 2.25. The highest BCUT2D eigenvalue weighted by Crippen LogP contribution is 2.21. The zero-order valence-electron chi connectivity index (χ0n) is 13.8. The second-order valence-electron chi connectivity index (χ2n) is 5.81. The predicted octanol–water partition coefficient (Wildman–Crippen LogP) is 3.35. The van der Waals surface area contributed by atoms with Gasteiger partial charge in [0.05, 0.1) is 21.9 Å². The minimum absolute atomic E-state index is 0.112. The molecule has 0 spiro atoms. The fourth-order valence-corrected chi connectivity index (χ4v) is 3.75. The summed E-state index contributed by atoms with van der Waals surface area (Å²) in [5.74, 6) is -0.589. The van der Waals surface area contributed by atoms with Crippen molar-refractivity contribution >= 4 is 32.3 Å². The van der Waals surface area contributed by atoms with Gasteiger partial charge in [-0.15, -0.1) is 0 Å². The highest BCUT2D eigenvalue weighted by Gasteiger charge is 2.17. The largest absolute Gasteiger partial charge is 0.324 e. The third-order valence-corrected chi connectivity index (χ3v) is 5.62. The van der Waals surface area contributed by atoms with E-state index >= 15 is 0 Å². The fourth-order valence-electron chi connectivity index (χ4n) is 2.51. The molecule has 2 aromatic carbocycles. The molecule has 1 aromatic heterocycles. The summed E-state index contributed by atoms with van der Waals surface area (Å²) in [5, 5.41) is 3.66. The van der Waals surface area contributed by atoms with Crippen molar-refractivity contribution in [3.8, 4) is 0 Å². The van der Waals surface area contributed by atoms with Crippen LogP contribution >= 0.6 is 0 Å². The van der Waals surface area contributed by atoms with Crippen molar-refractivity contribution in [3.63, 3.8) is 0 Å². The molecule has 0 aliphatic heterocycles. The Labute approximate surface area is 146 Å². The summed E-state index contributed by atoms with van der Waals surface area (Å²) in [4.78, 5) is 16.7. The summed E-state index contributed by atoms with van der Waals surface area (Å²) < 4.78 is 24.6. The molecule has 0 saturated carbocycles. The number of hydrogen-bond donors (Lipinski definition) is 1. The van der Waals surface area contributed by atoms with Crippen LogP contribution in [-0.4, -0.2) is 25.1 Å². The van der Waals surface area contributed by atoms with Crippen LogP contribution in [0.2, 0.25) is 0 Å². The lowest BCUT2D eigenvalue weighted by molar-refractivity contribution is -0.115. The number of fused-ring (bicyclic) bond motifs is 1. The van der Waals surface area contributed by atoms with Gasteiger partial charge >= 0.3 is 0 Å². The van der Waals surface area contributed by atoms with Crippen molar-refractivity contribution in [1.82, 2.24) is 4.98 Å². The van der Waals surface area contributed by atoms with Crippen molar-refractivity contribution in [2.24, 2.45) is 0 Å². The smallest absolute Gasteiger partial charge is 0.225 e. The number of sulfone groups is 1. The molecule has 5 nitrogen and oxygen atoms in total. The number of rotatable bonds is 5. The van der Waals surface area contributed by atoms with Gasteiger partial charge in [-0.3, -0.25) is 9.78 Å². The molecular formula is C19H18N2O3S. The van der Waals surface area contributed by atoms with Gasteiger partial charge in [-0.1, -0.05) is 35.9 Å². The number of anilines is 1. The maximum Gasteiger partial charge on any atom is 0.225 e. The van der Waals surface area contributed by atoms with Gasteiger partial charge in [-0.05, 0) is 31.2 Å². The summed E-state index contributed by atoms with van der Waals surface area (Å²) in [6, 6.07) is 15.8. The van der Waals surface area contributed by atoms with E-state index in [1.54, 1.807) is 36.5 Å². The molecule has 1 amide bonds. The first-order valence-corrected chi connectivity index (χ1v) is 9.54. The Morgan fingerprint density at radius 3 is 2.52 bits per heavy atom.